The van der Waals surface area contributed by atoms with Crippen molar-refractivity contribution >= 4 is 29.1 Å². The Morgan fingerprint density at radius 2 is 1.42 bits per heavy atom. The molecule has 0 aliphatic carbocycles. The summed E-state index contributed by atoms with van der Waals surface area (Å²) in [7, 11) is 1.63. The van der Waals surface area contributed by atoms with Crippen molar-refractivity contribution in [2.75, 3.05) is 13.7 Å². The van der Waals surface area contributed by atoms with E-state index in [1.54, 1.807) is 7.11 Å². The van der Waals surface area contributed by atoms with E-state index in [2.05, 4.69) is 0 Å². The number of carbonyl (C=O) groups is 2. The molecule has 0 aromatic heterocycles. The summed E-state index contributed by atoms with van der Waals surface area (Å²) in [5.74, 6) is 0.987. The van der Waals surface area contributed by atoms with Crippen molar-refractivity contribution < 1.29 is 14.3 Å². The lowest BCUT2D eigenvalue weighted by Gasteiger charge is -2.15. The summed E-state index contributed by atoms with van der Waals surface area (Å²) in [5, 5.41) is 0. The van der Waals surface area contributed by atoms with Gasteiger partial charge in [0.15, 0.2) is 0 Å². The molecule has 3 aromatic carbocycles. The Hall–Kier alpha value is -3.31. The van der Waals surface area contributed by atoms with Gasteiger partial charge in [0.05, 0.1) is 17.6 Å². The van der Waals surface area contributed by atoms with Gasteiger partial charge >= 0.3 is 0 Å². The minimum atomic E-state index is -0.222. The molecular weight excluding hydrogens is 406 g/mol. The lowest BCUT2D eigenvalue weighted by molar-refractivity contribution is -0.136. The lowest BCUT2D eigenvalue weighted by atomic mass is 10.1. The number of hydrogen-bond acceptors (Lipinski definition) is 4. The van der Waals surface area contributed by atoms with Crippen LogP contribution in [0.5, 0.6) is 5.75 Å². The van der Waals surface area contributed by atoms with Crippen LogP contribution < -0.4 is 4.74 Å². The van der Waals surface area contributed by atoms with Gasteiger partial charge in [0.25, 0.3) is 11.8 Å². The molecule has 4 nitrogen and oxygen atoms in total. The number of benzene rings is 3. The molecule has 0 bridgehead atoms. The molecule has 0 atom stereocenters. The first-order valence-corrected chi connectivity index (χ1v) is 11.1. The fourth-order valence-electron chi connectivity index (χ4n) is 3.51. The minimum Gasteiger partial charge on any atom is -0.497 e. The molecule has 5 heteroatoms. The van der Waals surface area contributed by atoms with E-state index in [4.69, 9.17) is 4.74 Å². The third kappa shape index (κ3) is 4.72. The summed E-state index contributed by atoms with van der Waals surface area (Å²) in [5.41, 5.74) is 3.45. The van der Waals surface area contributed by atoms with Gasteiger partial charge in [-0.3, -0.25) is 14.5 Å². The van der Waals surface area contributed by atoms with Crippen molar-refractivity contribution in [2.24, 2.45) is 0 Å². The Bertz CT molecular complexity index is 1090. The Labute approximate surface area is 186 Å². The van der Waals surface area contributed by atoms with E-state index in [1.807, 2.05) is 84.9 Å². The molecule has 1 heterocycles. The molecule has 0 N–H and O–H groups in total. The van der Waals surface area contributed by atoms with E-state index in [0.717, 1.165) is 22.4 Å². The topological polar surface area (TPSA) is 46.6 Å². The van der Waals surface area contributed by atoms with Gasteiger partial charge in [-0.2, -0.15) is 0 Å². The molecule has 31 heavy (non-hydrogen) atoms. The number of imide groups is 1. The Balaban J connectivity index is 1.55. The zero-order valence-corrected chi connectivity index (χ0v) is 18.1. The second-order valence-electron chi connectivity index (χ2n) is 7.20. The molecule has 4 rings (SSSR count). The van der Waals surface area contributed by atoms with Gasteiger partial charge in [-0.05, 0) is 35.2 Å². The van der Waals surface area contributed by atoms with Crippen LogP contribution in [0.1, 0.15) is 16.7 Å². The largest absolute Gasteiger partial charge is 0.497 e. The highest BCUT2D eigenvalue weighted by atomic mass is 32.2. The number of nitrogens with zero attached hydrogens (tertiary/aromatic N) is 1. The molecule has 0 saturated carbocycles. The van der Waals surface area contributed by atoms with E-state index in [1.165, 1.54) is 16.7 Å². The number of amides is 2. The summed E-state index contributed by atoms with van der Waals surface area (Å²) in [6.45, 7) is 0.343. The molecule has 0 fully saturated rings. The fraction of sp³-hybridized carbons (Fsp3) is 0.154. The molecule has 2 amide bonds. The number of thioether (sulfide) groups is 1. The SMILES string of the molecule is COc1ccc(CCN2C(=O)C(SCc3ccccc3)=C(c3ccccc3)C2=O)cc1. The van der Waals surface area contributed by atoms with Crippen LogP contribution in [0.2, 0.25) is 0 Å². The van der Waals surface area contributed by atoms with Crippen molar-refractivity contribution in [3.05, 3.63) is 107 Å². The second-order valence-corrected chi connectivity index (χ2v) is 8.19. The zero-order chi connectivity index (χ0) is 21.6. The molecule has 3 aromatic rings. The molecule has 0 spiro atoms. The number of carbonyl (C=O) groups excluding carboxylic acids is 2. The summed E-state index contributed by atoms with van der Waals surface area (Å²) in [6.07, 6.45) is 0.597. The van der Waals surface area contributed by atoms with Gasteiger partial charge in [0, 0.05) is 12.3 Å². The van der Waals surface area contributed by atoms with E-state index >= 15 is 0 Å². The Kier molecular flexibility index (Phi) is 6.53. The molecule has 0 radical (unpaired) electrons. The van der Waals surface area contributed by atoms with Gasteiger partial charge < -0.3 is 4.74 Å². The van der Waals surface area contributed by atoms with Gasteiger partial charge in [0.1, 0.15) is 5.75 Å². The lowest BCUT2D eigenvalue weighted by Crippen LogP contribution is -2.33. The maximum atomic E-state index is 13.3. The molecule has 0 unspecified atom stereocenters. The third-order valence-corrected chi connectivity index (χ3v) is 6.34. The van der Waals surface area contributed by atoms with Crippen LogP contribution in [0.25, 0.3) is 5.57 Å². The Morgan fingerprint density at radius 3 is 2.06 bits per heavy atom. The van der Waals surface area contributed by atoms with Gasteiger partial charge in [-0.1, -0.05) is 72.8 Å². The third-order valence-electron chi connectivity index (χ3n) is 5.20. The number of hydrogen-bond donors (Lipinski definition) is 0. The maximum Gasteiger partial charge on any atom is 0.268 e. The summed E-state index contributed by atoms with van der Waals surface area (Å²) < 4.78 is 5.19. The van der Waals surface area contributed by atoms with Crippen molar-refractivity contribution in [3.63, 3.8) is 0 Å². The number of ether oxygens (including phenoxy) is 1. The smallest absolute Gasteiger partial charge is 0.268 e. The van der Waals surface area contributed by atoms with Crippen LogP contribution in [0, 0.1) is 0 Å². The minimum absolute atomic E-state index is 0.210. The highest BCUT2D eigenvalue weighted by Gasteiger charge is 2.38. The summed E-state index contributed by atoms with van der Waals surface area (Å²) in [6, 6.07) is 27.1. The van der Waals surface area contributed by atoms with Crippen LogP contribution in [-0.2, 0) is 21.8 Å². The molecular formula is C26H23NO3S. The van der Waals surface area contributed by atoms with E-state index < -0.39 is 0 Å². The number of methoxy groups -OCH3 is 1. The fourth-order valence-corrected chi connectivity index (χ4v) is 4.60. The quantitative estimate of drug-likeness (QED) is 0.475. The van der Waals surface area contributed by atoms with Crippen molar-refractivity contribution in [3.8, 4) is 5.75 Å². The second kappa shape index (κ2) is 9.67. The zero-order valence-electron chi connectivity index (χ0n) is 17.3. The van der Waals surface area contributed by atoms with Crippen LogP contribution in [-0.4, -0.2) is 30.4 Å². The van der Waals surface area contributed by atoms with Crippen molar-refractivity contribution in [1.82, 2.24) is 4.90 Å². The van der Waals surface area contributed by atoms with Gasteiger partial charge in [-0.25, -0.2) is 0 Å². The van der Waals surface area contributed by atoms with E-state index in [9.17, 15) is 9.59 Å². The van der Waals surface area contributed by atoms with E-state index in [0.29, 0.717) is 29.2 Å². The predicted molar refractivity (Wildman–Crippen MR) is 125 cm³/mol. The monoisotopic (exact) mass is 429 g/mol. The summed E-state index contributed by atoms with van der Waals surface area (Å²) >= 11 is 1.43. The van der Waals surface area contributed by atoms with E-state index in [-0.39, 0.29) is 11.8 Å². The standard InChI is InChI=1S/C26H23NO3S/c1-30-22-14-12-19(13-15-22)16-17-27-25(28)23(21-10-6-3-7-11-21)24(26(27)29)31-18-20-8-4-2-5-9-20/h2-15H,16-18H2,1H3. The highest BCUT2D eigenvalue weighted by molar-refractivity contribution is 8.03. The van der Waals surface area contributed by atoms with Gasteiger partial charge in [0.2, 0.25) is 0 Å². The molecule has 156 valence electrons. The van der Waals surface area contributed by atoms with Crippen molar-refractivity contribution in [1.29, 1.82) is 0 Å². The van der Waals surface area contributed by atoms with Crippen LogP contribution >= 0.6 is 11.8 Å². The Morgan fingerprint density at radius 1 is 0.774 bits per heavy atom. The van der Waals surface area contributed by atoms with Crippen LogP contribution in [0.4, 0.5) is 0 Å². The molecule has 1 aliphatic rings. The predicted octanol–water partition coefficient (Wildman–Crippen LogP) is 4.95. The molecule has 0 saturated heterocycles. The highest BCUT2D eigenvalue weighted by Crippen LogP contribution is 2.37. The average Bonchev–Trinajstić information content (AvgIpc) is 3.06. The number of rotatable bonds is 8. The van der Waals surface area contributed by atoms with Gasteiger partial charge in [-0.15, -0.1) is 11.8 Å². The first kappa shape index (κ1) is 20.9. The van der Waals surface area contributed by atoms with Crippen LogP contribution in [0.15, 0.2) is 89.8 Å². The first-order chi connectivity index (χ1) is 15.2. The summed E-state index contributed by atoms with van der Waals surface area (Å²) in [4.78, 5) is 28.4. The first-order valence-electron chi connectivity index (χ1n) is 10.1. The van der Waals surface area contributed by atoms with Crippen molar-refractivity contribution in [2.45, 2.75) is 12.2 Å². The maximum absolute atomic E-state index is 13.3. The van der Waals surface area contributed by atoms with Crippen LogP contribution in [0.3, 0.4) is 0 Å². The normalized spacial score (nSPS) is 13.8. The average molecular weight is 430 g/mol. The molecule has 1 aliphatic heterocycles.